The molecule has 0 radical (unpaired) electrons. The van der Waals surface area contributed by atoms with Gasteiger partial charge in [0.15, 0.2) is 0 Å². The Morgan fingerprint density at radius 2 is 1.81 bits per heavy atom. The number of carbonyl (C=O) groups is 1. The molecule has 0 N–H and O–H groups in total. The minimum absolute atomic E-state index is 0.105. The van der Waals surface area contributed by atoms with Gasteiger partial charge in [-0.25, -0.2) is 0 Å². The average Bonchev–Trinajstić information content (AvgIpc) is 3.32. The minimum atomic E-state index is -0.518. The van der Waals surface area contributed by atoms with Crippen molar-refractivity contribution in [1.82, 2.24) is 4.90 Å². The van der Waals surface area contributed by atoms with Crippen LogP contribution >= 0.6 is 11.6 Å². The molecule has 2 aliphatic carbocycles. The van der Waals surface area contributed by atoms with E-state index in [4.69, 9.17) is 11.6 Å². The summed E-state index contributed by atoms with van der Waals surface area (Å²) < 4.78 is 0. The number of nitro groups is 1. The summed E-state index contributed by atoms with van der Waals surface area (Å²) in [5, 5.41) is 11.5. The van der Waals surface area contributed by atoms with Crippen LogP contribution < -0.4 is 0 Å². The molecule has 2 aliphatic rings. The fourth-order valence-electron chi connectivity index (χ4n) is 2.47. The zero-order valence-corrected chi connectivity index (χ0v) is 12.4. The maximum Gasteiger partial charge on any atom is 0.282 e. The van der Waals surface area contributed by atoms with Crippen molar-refractivity contribution in [2.75, 3.05) is 13.1 Å². The van der Waals surface area contributed by atoms with Crippen molar-refractivity contribution in [3.8, 4) is 0 Å². The maximum absolute atomic E-state index is 12.7. The smallest absolute Gasteiger partial charge is 0.282 e. The van der Waals surface area contributed by atoms with Crippen molar-refractivity contribution in [2.24, 2.45) is 11.8 Å². The second kappa shape index (κ2) is 5.64. The summed E-state index contributed by atoms with van der Waals surface area (Å²) in [6.45, 7) is 1.41. The number of nitrogens with zero attached hydrogens (tertiary/aromatic N) is 2. The molecular weight excluding hydrogens is 292 g/mol. The highest BCUT2D eigenvalue weighted by atomic mass is 35.5. The van der Waals surface area contributed by atoms with Crippen molar-refractivity contribution >= 4 is 23.2 Å². The van der Waals surface area contributed by atoms with E-state index in [-0.39, 0.29) is 17.2 Å². The first-order valence-electron chi connectivity index (χ1n) is 7.28. The first kappa shape index (κ1) is 14.3. The van der Waals surface area contributed by atoms with Gasteiger partial charge in [0.2, 0.25) is 0 Å². The zero-order valence-electron chi connectivity index (χ0n) is 11.6. The molecule has 1 amide bonds. The number of nitro benzene ring substituents is 1. The summed E-state index contributed by atoms with van der Waals surface area (Å²) in [6, 6.07) is 4.17. The van der Waals surface area contributed by atoms with Gasteiger partial charge in [-0.1, -0.05) is 11.6 Å². The van der Waals surface area contributed by atoms with Gasteiger partial charge in [-0.15, -0.1) is 0 Å². The second-order valence-electron chi connectivity index (χ2n) is 6.02. The van der Waals surface area contributed by atoms with Crippen LogP contribution in [0.5, 0.6) is 0 Å². The van der Waals surface area contributed by atoms with Crippen LogP contribution in [0.25, 0.3) is 0 Å². The van der Waals surface area contributed by atoms with E-state index in [0.717, 1.165) is 25.7 Å². The van der Waals surface area contributed by atoms with E-state index in [1.807, 2.05) is 0 Å². The van der Waals surface area contributed by atoms with E-state index in [1.54, 1.807) is 4.90 Å². The van der Waals surface area contributed by atoms with Crippen LogP contribution in [0.1, 0.15) is 36.0 Å². The van der Waals surface area contributed by atoms with Gasteiger partial charge < -0.3 is 4.90 Å². The Balaban J connectivity index is 1.86. The Hall–Kier alpha value is -1.62. The molecule has 6 heteroatoms. The molecule has 0 bridgehead atoms. The van der Waals surface area contributed by atoms with E-state index in [9.17, 15) is 14.9 Å². The summed E-state index contributed by atoms with van der Waals surface area (Å²) in [5.74, 6) is 0.861. The summed E-state index contributed by atoms with van der Waals surface area (Å²) in [4.78, 5) is 25.1. The maximum atomic E-state index is 12.7. The second-order valence-corrected chi connectivity index (χ2v) is 6.45. The molecule has 0 spiro atoms. The number of hydrogen-bond donors (Lipinski definition) is 0. The molecule has 3 rings (SSSR count). The van der Waals surface area contributed by atoms with Gasteiger partial charge in [-0.2, -0.15) is 0 Å². The molecule has 0 saturated heterocycles. The molecule has 0 atom stereocenters. The molecule has 5 nitrogen and oxygen atoms in total. The number of hydrogen-bond acceptors (Lipinski definition) is 3. The van der Waals surface area contributed by atoms with Crippen LogP contribution in [0.2, 0.25) is 5.02 Å². The normalized spacial score (nSPS) is 17.6. The van der Waals surface area contributed by atoms with Gasteiger partial charge in [0, 0.05) is 24.2 Å². The molecule has 0 unspecified atom stereocenters. The molecule has 112 valence electrons. The van der Waals surface area contributed by atoms with Crippen LogP contribution in [-0.4, -0.2) is 28.8 Å². The Morgan fingerprint density at radius 1 is 1.24 bits per heavy atom. The van der Waals surface area contributed by atoms with Gasteiger partial charge in [-0.05, 0) is 49.7 Å². The lowest BCUT2D eigenvalue weighted by atomic mass is 10.1. The van der Waals surface area contributed by atoms with Crippen LogP contribution in [-0.2, 0) is 0 Å². The summed E-state index contributed by atoms with van der Waals surface area (Å²) in [6.07, 6.45) is 4.58. The highest BCUT2D eigenvalue weighted by Crippen LogP contribution is 2.35. The molecule has 0 heterocycles. The Morgan fingerprint density at radius 3 is 2.29 bits per heavy atom. The summed E-state index contributed by atoms with van der Waals surface area (Å²) in [7, 11) is 0. The average molecular weight is 309 g/mol. The SMILES string of the molecule is O=C(c1cc(Cl)ccc1[N+](=O)[O-])N(CC1CC1)CC1CC1. The summed E-state index contributed by atoms with van der Waals surface area (Å²) in [5.41, 5.74) is -0.0604. The molecule has 1 aromatic rings. The van der Waals surface area contributed by atoms with Crippen LogP contribution in [0.3, 0.4) is 0 Å². The van der Waals surface area contributed by atoms with Crippen molar-refractivity contribution in [1.29, 1.82) is 0 Å². The van der Waals surface area contributed by atoms with Crippen LogP contribution in [0.4, 0.5) is 5.69 Å². The molecule has 2 saturated carbocycles. The monoisotopic (exact) mass is 308 g/mol. The quantitative estimate of drug-likeness (QED) is 0.596. The Labute approximate surface area is 128 Å². The van der Waals surface area contributed by atoms with Gasteiger partial charge in [0.05, 0.1) is 4.92 Å². The van der Waals surface area contributed by atoms with Crippen molar-refractivity contribution < 1.29 is 9.72 Å². The minimum Gasteiger partial charge on any atom is -0.338 e. The van der Waals surface area contributed by atoms with Crippen LogP contribution in [0, 0.1) is 22.0 Å². The third-order valence-electron chi connectivity index (χ3n) is 4.02. The predicted molar refractivity (Wildman–Crippen MR) is 79.5 cm³/mol. The van der Waals surface area contributed by atoms with Crippen molar-refractivity contribution in [3.05, 3.63) is 38.9 Å². The topological polar surface area (TPSA) is 63.4 Å². The van der Waals surface area contributed by atoms with E-state index in [1.165, 1.54) is 18.2 Å². The van der Waals surface area contributed by atoms with E-state index in [2.05, 4.69) is 0 Å². The lowest BCUT2D eigenvalue weighted by Gasteiger charge is -2.22. The Kier molecular flexibility index (Phi) is 3.85. The third-order valence-corrected chi connectivity index (χ3v) is 4.26. The number of rotatable bonds is 6. The van der Waals surface area contributed by atoms with Crippen LogP contribution in [0.15, 0.2) is 18.2 Å². The van der Waals surface area contributed by atoms with Gasteiger partial charge >= 0.3 is 0 Å². The molecule has 2 fully saturated rings. The van der Waals surface area contributed by atoms with Gasteiger partial charge in [0.25, 0.3) is 11.6 Å². The fourth-order valence-corrected chi connectivity index (χ4v) is 2.65. The van der Waals surface area contributed by atoms with E-state index >= 15 is 0 Å². The molecular formula is C15H17ClN2O3. The van der Waals surface area contributed by atoms with E-state index in [0.29, 0.717) is 29.9 Å². The molecule has 0 aliphatic heterocycles. The standard InChI is InChI=1S/C15H17ClN2O3/c16-12-5-6-14(18(20)21)13(7-12)15(19)17(8-10-1-2-10)9-11-3-4-11/h5-7,10-11H,1-4,8-9H2. The largest absolute Gasteiger partial charge is 0.338 e. The zero-order chi connectivity index (χ0) is 15.0. The molecule has 1 aromatic carbocycles. The molecule has 21 heavy (non-hydrogen) atoms. The van der Waals surface area contributed by atoms with Crippen molar-refractivity contribution in [3.63, 3.8) is 0 Å². The van der Waals surface area contributed by atoms with Gasteiger partial charge in [-0.3, -0.25) is 14.9 Å². The first-order chi connectivity index (χ1) is 10.0. The number of carbonyl (C=O) groups excluding carboxylic acids is 1. The van der Waals surface area contributed by atoms with Crippen molar-refractivity contribution in [2.45, 2.75) is 25.7 Å². The summed E-state index contributed by atoms with van der Waals surface area (Å²) >= 11 is 5.91. The third kappa shape index (κ3) is 3.53. The number of halogens is 1. The van der Waals surface area contributed by atoms with E-state index < -0.39 is 4.92 Å². The predicted octanol–water partition coefficient (Wildman–Crippen LogP) is 3.51. The fraction of sp³-hybridized carbons (Fsp3) is 0.533. The highest BCUT2D eigenvalue weighted by molar-refractivity contribution is 6.31. The lowest BCUT2D eigenvalue weighted by molar-refractivity contribution is -0.385. The van der Waals surface area contributed by atoms with Gasteiger partial charge in [0.1, 0.15) is 5.56 Å². The first-order valence-corrected chi connectivity index (χ1v) is 7.65. The highest BCUT2D eigenvalue weighted by Gasteiger charge is 2.34. The molecule has 0 aromatic heterocycles. The number of amides is 1. The number of benzene rings is 1. The Bertz CT molecular complexity index is 568. The lowest BCUT2D eigenvalue weighted by Crippen LogP contribution is -2.35.